The molecule has 1 unspecified atom stereocenters. The molecular formula is C15H28N2OS. The van der Waals surface area contributed by atoms with Gasteiger partial charge in [0.1, 0.15) is 0 Å². The number of thiocarbonyl (C=S) groups is 1. The Hall–Kier alpha value is -0.640. The largest absolute Gasteiger partial charge is 0.393 e. The highest BCUT2D eigenvalue weighted by atomic mass is 32.1. The molecule has 3 nitrogen and oxygen atoms in total. The van der Waals surface area contributed by atoms with E-state index >= 15 is 0 Å². The minimum atomic E-state index is -0.0677. The first-order chi connectivity index (χ1) is 8.56. The highest BCUT2D eigenvalue weighted by Gasteiger charge is 2.35. The van der Waals surface area contributed by atoms with E-state index in [-0.39, 0.29) is 16.7 Å². The lowest BCUT2D eigenvalue weighted by Gasteiger charge is -2.39. The third-order valence-corrected chi connectivity index (χ3v) is 5.27. The summed E-state index contributed by atoms with van der Waals surface area (Å²) in [6, 6.07) is 0. The summed E-state index contributed by atoms with van der Waals surface area (Å²) in [6.45, 7) is 12.4. The van der Waals surface area contributed by atoms with Gasteiger partial charge in [0.2, 0.25) is 5.91 Å². The maximum absolute atomic E-state index is 12.3. The molecule has 1 amide bonds. The van der Waals surface area contributed by atoms with Gasteiger partial charge in [-0.15, -0.1) is 0 Å². The zero-order valence-electron chi connectivity index (χ0n) is 13.0. The van der Waals surface area contributed by atoms with Crippen molar-refractivity contribution in [2.24, 2.45) is 22.5 Å². The molecule has 0 bridgehead atoms. The SMILES string of the molecule is CC(CC(=O)N1CCC(C)(C(N)=S)CC1)C(C)(C)C. The van der Waals surface area contributed by atoms with Crippen LogP contribution in [0.25, 0.3) is 0 Å². The molecule has 1 fully saturated rings. The van der Waals surface area contributed by atoms with Crippen LogP contribution in [-0.4, -0.2) is 28.9 Å². The van der Waals surface area contributed by atoms with Gasteiger partial charge in [0.25, 0.3) is 0 Å². The fourth-order valence-corrected chi connectivity index (χ4v) is 2.40. The smallest absolute Gasteiger partial charge is 0.222 e. The van der Waals surface area contributed by atoms with E-state index in [1.165, 1.54) is 0 Å². The molecule has 0 spiro atoms. The lowest BCUT2D eigenvalue weighted by molar-refractivity contribution is -0.134. The predicted octanol–water partition coefficient (Wildman–Crippen LogP) is 2.97. The molecule has 1 atom stereocenters. The average Bonchev–Trinajstić information content (AvgIpc) is 2.28. The van der Waals surface area contributed by atoms with Crippen molar-refractivity contribution in [3.63, 3.8) is 0 Å². The number of nitrogens with zero attached hydrogens (tertiary/aromatic N) is 1. The Bertz CT molecular complexity index is 352. The van der Waals surface area contributed by atoms with E-state index < -0.39 is 0 Å². The lowest BCUT2D eigenvalue weighted by atomic mass is 9.78. The van der Waals surface area contributed by atoms with Crippen LogP contribution < -0.4 is 5.73 Å². The van der Waals surface area contributed by atoms with Crippen LogP contribution in [0.3, 0.4) is 0 Å². The monoisotopic (exact) mass is 284 g/mol. The Morgan fingerprint density at radius 3 is 2.21 bits per heavy atom. The number of rotatable bonds is 3. The third kappa shape index (κ3) is 4.16. The Kier molecular flexibility index (Phi) is 4.99. The molecule has 0 aromatic rings. The van der Waals surface area contributed by atoms with E-state index in [4.69, 9.17) is 18.0 Å². The van der Waals surface area contributed by atoms with Gasteiger partial charge < -0.3 is 10.6 Å². The van der Waals surface area contributed by atoms with Gasteiger partial charge in [-0.3, -0.25) is 4.79 Å². The van der Waals surface area contributed by atoms with Crippen LogP contribution in [0.15, 0.2) is 0 Å². The molecule has 1 aliphatic rings. The van der Waals surface area contributed by atoms with Gasteiger partial charge in [0, 0.05) is 24.9 Å². The Morgan fingerprint density at radius 1 is 1.37 bits per heavy atom. The number of hydrogen-bond acceptors (Lipinski definition) is 2. The highest BCUT2D eigenvalue weighted by molar-refractivity contribution is 7.80. The van der Waals surface area contributed by atoms with Crippen LogP contribution >= 0.6 is 12.2 Å². The Balaban J connectivity index is 2.52. The molecule has 1 rings (SSSR count). The number of hydrogen-bond donors (Lipinski definition) is 1. The van der Waals surface area contributed by atoms with Gasteiger partial charge in [-0.05, 0) is 24.2 Å². The number of carbonyl (C=O) groups excluding carboxylic acids is 1. The minimum Gasteiger partial charge on any atom is -0.393 e. The van der Waals surface area contributed by atoms with Crippen molar-refractivity contribution in [1.82, 2.24) is 4.90 Å². The van der Waals surface area contributed by atoms with E-state index in [2.05, 4.69) is 34.6 Å². The lowest BCUT2D eigenvalue weighted by Crippen LogP contribution is -2.47. The molecule has 0 aromatic carbocycles. The number of piperidine rings is 1. The fourth-order valence-electron chi connectivity index (χ4n) is 2.19. The fraction of sp³-hybridized carbons (Fsp3) is 0.867. The highest BCUT2D eigenvalue weighted by Crippen LogP contribution is 2.33. The summed E-state index contributed by atoms with van der Waals surface area (Å²) in [5.74, 6) is 0.663. The molecule has 0 aromatic heterocycles. The summed E-state index contributed by atoms with van der Waals surface area (Å²) >= 11 is 5.13. The zero-order valence-corrected chi connectivity index (χ0v) is 13.8. The molecule has 0 radical (unpaired) electrons. The molecule has 2 N–H and O–H groups in total. The van der Waals surface area contributed by atoms with Crippen LogP contribution in [0.1, 0.15) is 53.9 Å². The number of likely N-dealkylation sites (tertiary alicyclic amines) is 1. The molecular weight excluding hydrogens is 256 g/mol. The van der Waals surface area contributed by atoms with E-state index in [9.17, 15) is 4.79 Å². The van der Waals surface area contributed by atoms with Crippen LogP contribution in [0.5, 0.6) is 0 Å². The first kappa shape index (κ1) is 16.4. The minimum absolute atomic E-state index is 0.0677. The van der Waals surface area contributed by atoms with E-state index in [1.54, 1.807) is 0 Å². The molecule has 0 saturated carbocycles. The summed E-state index contributed by atoms with van der Waals surface area (Å²) in [5, 5.41) is 0. The zero-order chi connectivity index (χ0) is 14.8. The van der Waals surface area contributed by atoms with Gasteiger partial charge in [-0.25, -0.2) is 0 Å². The second kappa shape index (κ2) is 5.78. The van der Waals surface area contributed by atoms with Crippen molar-refractivity contribution >= 4 is 23.1 Å². The number of carbonyl (C=O) groups is 1. The predicted molar refractivity (Wildman–Crippen MR) is 83.9 cm³/mol. The van der Waals surface area contributed by atoms with Crippen LogP contribution in [0.4, 0.5) is 0 Å². The van der Waals surface area contributed by atoms with Crippen LogP contribution in [0, 0.1) is 16.7 Å². The third-order valence-electron chi connectivity index (χ3n) is 4.77. The van der Waals surface area contributed by atoms with Crippen molar-refractivity contribution in [1.29, 1.82) is 0 Å². The maximum Gasteiger partial charge on any atom is 0.222 e. The maximum atomic E-state index is 12.3. The molecule has 1 aliphatic heterocycles. The molecule has 1 saturated heterocycles. The summed E-state index contributed by atoms with van der Waals surface area (Å²) < 4.78 is 0. The summed E-state index contributed by atoms with van der Waals surface area (Å²) in [4.78, 5) is 14.9. The van der Waals surface area contributed by atoms with E-state index in [1.807, 2.05) is 4.90 Å². The van der Waals surface area contributed by atoms with Gasteiger partial charge in [0.15, 0.2) is 0 Å². The average molecular weight is 284 g/mol. The van der Waals surface area contributed by atoms with E-state index in [0.717, 1.165) is 25.9 Å². The Morgan fingerprint density at radius 2 is 1.84 bits per heavy atom. The topological polar surface area (TPSA) is 46.3 Å². The van der Waals surface area contributed by atoms with Crippen LogP contribution in [0.2, 0.25) is 0 Å². The van der Waals surface area contributed by atoms with E-state index in [0.29, 0.717) is 17.3 Å². The van der Waals surface area contributed by atoms with Gasteiger partial charge in [0.05, 0.1) is 4.99 Å². The Labute approximate surface area is 122 Å². The van der Waals surface area contributed by atoms with Gasteiger partial charge >= 0.3 is 0 Å². The normalized spacial score (nSPS) is 21.0. The molecule has 1 heterocycles. The van der Waals surface area contributed by atoms with Crippen molar-refractivity contribution in [2.75, 3.05) is 13.1 Å². The van der Waals surface area contributed by atoms with Gasteiger partial charge in [-0.1, -0.05) is 46.8 Å². The number of amides is 1. The standard InChI is InChI=1S/C15H28N2OS/c1-11(14(2,3)4)10-12(18)17-8-6-15(5,7-9-17)13(16)19/h11H,6-10H2,1-5H3,(H2,16,19). The van der Waals surface area contributed by atoms with Crippen molar-refractivity contribution in [3.05, 3.63) is 0 Å². The molecule has 110 valence electrons. The van der Waals surface area contributed by atoms with Crippen molar-refractivity contribution in [3.8, 4) is 0 Å². The number of nitrogens with two attached hydrogens (primary N) is 1. The summed E-state index contributed by atoms with van der Waals surface area (Å²) in [6.07, 6.45) is 2.41. The molecule has 4 heteroatoms. The van der Waals surface area contributed by atoms with Crippen LogP contribution in [-0.2, 0) is 4.79 Å². The quantitative estimate of drug-likeness (QED) is 0.810. The van der Waals surface area contributed by atoms with Crippen molar-refractivity contribution < 1.29 is 4.79 Å². The second-order valence-electron chi connectivity index (χ2n) is 7.28. The first-order valence-corrected chi connectivity index (χ1v) is 7.55. The molecule has 19 heavy (non-hydrogen) atoms. The first-order valence-electron chi connectivity index (χ1n) is 7.14. The second-order valence-corrected chi connectivity index (χ2v) is 7.72. The van der Waals surface area contributed by atoms with Gasteiger partial charge in [-0.2, -0.15) is 0 Å². The summed E-state index contributed by atoms with van der Waals surface area (Å²) in [7, 11) is 0. The summed E-state index contributed by atoms with van der Waals surface area (Å²) in [5.41, 5.74) is 5.90. The van der Waals surface area contributed by atoms with Crippen molar-refractivity contribution in [2.45, 2.75) is 53.9 Å². The molecule has 0 aliphatic carbocycles.